The first kappa shape index (κ1) is 23.5. The average Bonchev–Trinajstić information content (AvgIpc) is 3.25. The quantitative estimate of drug-likeness (QED) is 0.312. The van der Waals surface area contributed by atoms with Crippen LogP contribution in [0, 0.1) is 6.92 Å². The van der Waals surface area contributed by atoms with Gasteiger partial charge < -0.3 is 20.5 Å². The number of nitrogen functional groups attached to an aromatic ring is 1. The van der Waals surface area contributed by atoms with Crippen molar-refractivity contribution in [3.8, 4) is 5.75 Å². The zero-order valence-electron chi connectivity index (χ0n) is 18.6. The molecule has 0 aliphatic rings. The number of nitrogens with zero attached hydrogens (tertiary/aromatic N) is 1. The van der Waals surface area contributed by atoms with Crippen LogP contribution in [0.3, 0.4) is 0 Å². The van der Waals surface area contributed by atoms with Gasteiger partial charge in [0.05, 0.1) is 16.9 Å². The van der Waals surface area contributed by atoms with Crippen molar-refractivity contribution in [2.75, 3.05) is 17.7 Å². The number of nitrogens with one attached hydrogen (secondary N) is 1. The standard InChI is InChI=1S/C25H22ClN3O4S/c1-3-32-25(31)19-11-28-23(27)21-16(13-34-22(19)21)12-33-20-10-18(9-4-14(20)2)29-24(30)15-5-7-17(26)8-6-15/h4-11,13H,3,12H2,1-2H3,(H2,27,28)(H,29,30). The summed E-state index contributed by atoms with van der Waals surface area (Å²) in [5.41, 5.74) is 9.31. The van der Waals surface area contributed by atoms with Crippen molar-refractivity contribution < 1.29 is 19.1 Å². The number of amides is 1. The lowest BCUT2D eigenvalue weighted by atomic mass is 10.1. The molecule has 0 atom stereocenters. The van der Waals surface area contributed by atoms with E-state index in [1.165, 1.54) is 17.5 Å². The zero-order chi connectivity index (χ0) is 24.2. The van der Waals surface area contributed by atoms with E-state index in [0.29, 0.717) is 43.5 Å². The summed E-state index contributed by atoms with van der Waals surface area (Å²) < 4.78 is 11.9. The lowest BCUT2D eigenvalue weighted by Crippen LogP contribution is -2.12. The number of ether oxygens (including phenoxy) is 2. The Morgan fingerprint density at radius 2 is 1.94 bits per heavy atom. The van der Waals surface area contributed by atoms with E-state index in [0.717, 1.165) is 11.1 Å². The first-order valence-corrected chi connectivity index (χ1v) is 11.7. The molecular formula is C25H22ClN3O4S. The van der Waals surface area contributed by atoms with Crippen LogP contribution in [-0.2, 0) is 11.3 Å². The highest BCUT2D eigenvalue weighted by molar-refractivity contribution is 7.17. The number of halogens is 1. The van der Waals surface area contributed by atoms with E-state index in [1.54, 1.807) is 37.3 Å². The highest BCUT2D eigenvalue weighted by atomic mass is 35.5. The summed E-state index contributed by atoms with van der Waals surface area (Å²) in [6.45, 7) is 4.16. The summed E-state index contributed by atoms with van der Waals surface area (Å²) in [5.74, 6) is 0.250. The number of anilines is 2. The van der Waals surface area contributed by atoms with Crippen LogP contribution in [0.15, 0.2) is 54.0 Å². The van der Waals surface area contributed by atoms with Gasteiger partial charge in [-0.1, -0.05) is 17.7 Å². The molecular weight excluding hydrogens is 474 g/mol. The van der Waals surface area contributed by atoms with Gasteiger partial charge in [-0.2, -0.15) is 0 Å². The van der Waals surface area contributed by atoms with E-state index in [1.807, 2.05) is 24.4 Å². The molecule has 0 bridgehead atoms. The van der Waals surface area contributed by atoms with Gasteiger partial charge in [0.25, 0.3) is 5.91 Å². The van der Waals surface area contributed by atoms with Crippen LogP contribution in [-0.4, -0.2) is 23.5 Å². The first-order chi connectivity index (χ1) is 16.4. The summed E-state index contributed by atoms with van der Waals surface area (Å²) in [7, 11) is 0. The van der Waals surface area contributed by atoms with E-state index < -0.39 is 5.97 Å². The molecule has 0 unspecified atom stereocenters. The number of aromatic nitrogens is 1. The first-order valence-electron chi connectivity index (χ1n) is 10.5. The highest BCUT2D eigenvalue weighted by Crippen LogP contribution is 2.34. The number of carbonyl (C=O) groups is 2. The molecule has 2 aromatic heterocycles. The second-order valence-electron chi connectivity index (χ2n) is 7.47. The van der Waals surface area contributed by atoms with Crippen LogP contribution in [0.5, 0.6) is 5.75 Å². The van der Waals surface area contributed by atoms with Gasteiger partial charge in [-0.15, -0.1) is 11.3 Å². The van der Waals surface area contributed by atoms with Gasteiger partial charge in [0.2, 0.25) is 0 Å². The minimum absolute atomic E-state index is 0.216. The third-order valence-corrected chi connectivity index (χ3v) is 6.45. The van der Waals surface area contributed by atoms with E-state index in [9.17, 15) is 9.59 Å². The topological polar surface area (TPSA) is 104 Å². The monoisotopic (exact) mass is 495 g/mol. The van der Waals surface area contributed by atoms with Gasteiger partial charge in [-0.25, -0.2) is 9.78 Å². The zero-order valence-corrected chi connectivity index (χ0v) is 20.1. The molecule has 0 radical (unpaired) electrons. The summed E-state index contributed by atoms with van der Waals surface area (Å²) >= 11 is 7.29. The van der Waals surface area contributed by atoms with Crippen molar-refractivity contribution in [2.45, 2.75) is 20.5 Å². The Labute approximate surface area is 205 Å². The molecule has 0 aliphatic heterocycles. The minimum atomic E-state index is -0.436. The Kier molecular flexibility index (Phi) is 7.00. The van der Waals surface area contributed by atoms with Crippen molar-refractivity contribution in [2.24, 2.45) is 0 Å². The number of esters is 1. The number of nitrogens with two attached hydrogens (primary N) is 1. The van der Waals surface area contributed by atoms with Crippen molar-refractivity contribution in [1.82, 2.24) is 4.98 Å². The highest BCUT2D eigenvalue weighted by Gasteiger charge is 2.18. The molecule has 0 spiro atoms. The molecule has 4 rings (SSSR count). The molecule has 2 heterocycles. The molecule has 0 saturated carbocycles. The van der Waals surface area contributed by atoms with Crippen LogP contribution in [0.1, 0.15) is 38.8 Å². The van der Waals surface area contributed by atoms with Gasteiger partial charge >= 0.3 is 5.97 Å². The van der Waals surface area contributed by atoms with E-state index in [2.05, 4.69) is 10.3 Å². The Hall–Kier alpha value is -3.62. The minimum Gasteiger partial charge on any atom is -0.489 e. The number of pyridine rings is 1. The lowest BCUT2D eigenvalue weighted by Gasteiger charge is -2.12. The van der Waals surface area contributed by atoms with Gasteiger partial charge in [-0.05, 0) is 55.1 Å². The molecule has 3 N–H and O–H groups in total. The van der Waals surface area contributed by atoms with Gasteiger partial charge in [0.1, 0.15) is 18.2 Å². The molecule has 9 heteroatoms. The summed E-state index contributed by atoms with van der Waals surface area (Å²) in [4.78, 5) is 29.0. The van der Waals surface area contributed by atoms with Gasteiger partial charge in [-0.3, -0.25) is 4.79 Å². The molecule has 34 heavy (non-hydrogen) atoms. The maximum atomic E-state index is 12.5. The van der Waals surface area contributed by atoms with Crippen molar-refractivity contribution in [3.63, 3.8) is 0 Å². The second-order valence-corrected chi connectivity index (χ2v) is 8.79. The molecule has 174 valence electrons. The molecule has 7 nitrogen and oxygen atoms in total. The predicted molar refractivity (Wildman–Crippen MR) is 135 cm³/mol. The molecule has 0 fully saturated rings. The fourth-order valence-electron chi connectivity index (χ4n) is 3.38. The smallest absolute Gasteiger partial charge is 0.341 e. The number of benzene rings is 2. The number of fused-ring (bicyclic) bond motifs is 1. The number of hydrogen-bond acceptors (Lipinski definition) is 7. The number of rotatable bonds is 7. The second kappa shape index (κ2) is 10.1. The van der Waals surface area contributed by atoms with E-state index in [4.69, 9.17) is 26.8 Å². The fourth-order valence-corrected chi connectivity index (χ4v) is 4.57. The summed E-state index contributed by atoms with van der Waals surface area (Å²) in [5, 5.41) is 6.01. The summed E-state index contributed by atoms with van der Waals surface area (Å²) in [6, 6.07) is 12.1. The average molecular weight is 496 g/mol. The maximum Gasteiger partial charge on any atom is 0.341 e. The molecule has 4 aromatic rings. The lowest BCUT2D eigenvalue weighted by molar-refractivity contribution is 0.0528. The number of aryl methyl sites for hydroxylation is 1. The fraction of sp³-hybridized carbons (Fsp3) is 0.160. The SMILES string of the molecule is CCOC(=O)c1cnc(N)c2c(COc3cc(NC(=O)c4ccc(Cl)cc4)ccc3C)csc12. The molecule has 1 amide bonds. The number of carbonyl (C=O) groups excluding carboxylic acids is 2. The van der Waals surface area contributed by atoms with Gasteiger partial charge in [0, 0.05) is 39.5 Å². The number of hydrogen-bond donors (Lipinski definition) is 2. The number of thiophene rings is 1. The Morgan fingerprint density at radius 1 is 1.18 bits per heavy atom. The van der Waals surface area contributed by atoms with Crippen LogP contribution in [0.2, 0.25) is 5.02 Å². The third kappa shape index (κ3) is 4.98. The maximum absolute atomic E-state index is 12.5. The van der Waals surface area contributed by atoms with Crippen LogP contribution >= 0.6 is 22.9 Å². The van der Waals surface area contributed by atoms with E-state index >= 15 is 0 Å². The Bertz CT molecular complexity index is 1370. The molecule has 2 aromatic carbocycles. The largest absolute Gasteiger partial charge is 0.489 e. The van der Waals surface area contributed by atoms with Crippen molar-refractivity contribution in [1.29, 1.82) is 0 Å². The normalized spacial score (nSPS) is 10.8. The molecule has 0 aliphatic carbocycles. The van der Waals surface area contributed by atoms with Crippen LogP contribution in [0.25, 0.3) is 10.1 Å². The third-order valence-electron chi connectivity index (χ3n) is 5.13. The van der Waals surface area contributed by atoms with E-state index in [-0.39, 0.29) is 19.1 Å². The van der Waals surface area contributed by atoms with Crippen LogP contribution < -0.4 is 15.8 Å². The van der Waals surface area contributed by atoms with Crippen molar-refractivity contribution >= 4 is 56.4 Å². The summed E-state index contributed by atoms with van der Waals surface area (Å²) in [6.07, 6.45) is 1.44. The van der Waals surface area contributed by atoms with Crippen LogP contribution in [0.4, 0.5) is 11.5 Å². The van der Waals surface area contributed by atoms with Crippen molar-refractivity contribution in [3.05, 3.63) is 81.3 Å². The molecule has 0 saturated heterocycles. The predicted octanol–water partition coefficient (Wildman–Crippen LogP) is 5.85. The Morgan fingerprint density at radius 3 is 2.68 bits per heavy atom. The van der Waals surface area contributed by atoms with Gasteiger partial charge in [0.15, 0.2) is 0 Å². The Balaban J connectivity index is 1.53.